The van der Waals surface area contributed by atoms with Crippen LogP contribution in [-0.2, 0) is 6.54 Å². The molecule has 0 unspecified atom stereocenters. The van der Waals surface area contributed by atoms with Crippen molar-refractivity contribution in [2.75, 3.05) is 5.73 Å². The van der Waals surface area contributed by atoms with Crippen LogP contribution in [0.4, 0.5) is 5.69 Å². The van der Waals surface area contributed by atoms with E-state index < -0.39 is 0 Å². The van der Waals surface area contributed by atoms with E-state index in [1.54, 1.807) is 11.1 Å². The van der Waals surface area contributed by atoms with Crippen LogP contribution >= 0.6 is 0 Å². The normalized spacial score (nSPS) is 10.7. The highest BCUT2D eigenvalue weighted by Crippen LogP contribution is 2.18. The standard InChI is InChI=1S/C17H21N3O/c1-12(2)20(11-14-8-4-5-9-15(14)18)17(21)16-13(3)7-6-10-19-16/h4-10,12H,11,18H2,1-3H3. The van der Waals surface area contributed by atoms with Gasteiger partial charge in [-0.3, -0.25) is 9.78 Å². The van der Waals surface area contributed by atoms with E-state index in [2.05, 4.69) is 4.98 Å². The number of nitrogens with two attached hydrogens (primary N) is 1. The Balaban J connectivity index is 2.30. The van der Waals surface area contributed by atoms with Gasteiger partial charge in [-0.15, -0.1) is 0 Å². The maximum Gasteiger partial charge on any atom is 0.273 e. The van der Waals surface area contributed by atoms with Crippen LogP contribution in [-0.4, -0.2) is 21.8 Å². The Kier molecular flexibility index (Phi) is 4.58. The third-order valence-corrected chi connectivity index (χ3v) is 3.49. The summed E-state index contributed by atoms with van der Waals surface area (Å²) in [5.41, 5.74) is 9.02. The molecule has 0 aliphatic heterocycles. The summed E-state index contributed by atoms with van der Waals surface area (Å²) in [4.78, 5) is 18.8. The fourth-order valence-electron chi connectivity index (χ4n) is 2.20. The average Bonchev–Trinajstić information content (AvgIpc) is 2.46. The van der Waals surface area contributed by atoms with Gasteiger partial charge in [0.05, 0.1) is 0 Å². The van der Waals surface area contributed by atoms with Gasteiger partial charge >= 0.3 is 0 Å². The Morgan fingerprint density at radius 1 is 1.24 bits per heavy atom. The van der Waals surface area contributed by atoms with Crippen LogP contribution in [0.2, 0.25) is 0 Å². The Labute approximate surface area is 125 Å². The number of aromatic nitrogens is 1. The molecule has 1 aromatic heterocycles. The smallest absolute Gasteiger partial charge is 0.273 e. The summed E-state index contributed by atoms with van der Waals surface area (Å²) in [6, 6.07) is 11.4. The summed E-state index contributed by atoms with van der Waals surface area (Å²) in [7, 11) is 0. The first-order valence-corrected chi connectivity index (χ1v) is 7.06. The molecule has 0 bridgehead atoms. The lowest BCUT2D eigenvalue weighted by Gasteiger charge is -2.27. The molecule has 0 saturated carbocycles. The van der Waals surface area contributed by atoms with Gasteiger partial charge in [0.25, 0.3) is 5.91 Å². The first-order chi connectivity index (χ1) is 10.0. The number of aryl methyl sites for hydroxylation is 1. The number of rotatable bonds is 4. The molecule has 0 atom stereocenters. The van der Waals surface area contributed by atoms with Crippen LogP contribution in [0.15, 0.2) is 42.6 Å². The molecule has 2 N–H and O–H groups in total. The van der Waals surface area contributed by atoms with Crippen molar-refractivity contribution in [2.45, 2.75) is 33.4 Å². The van der Waals surface area contributed by atoms with E-state index in [0.717, 1.165) is 11.1 Å². The highest BCUT2D eigenvalue weighted by Gasteiger charge is 2.22. The lowest BCUT2D eigenvalue weighted by Crippen LogP contribution is -2.37. The second kappa shape index (κ2) is 6.39. The summed E-state index contributed by atoms with van der Waals surface area (Å²) >= 11 is 0. The Bertz CT molecular complexity index is 637. The SMILES string of the molecule is Cc1cccnc1C(=O)N(Cc1ccccc1N)C(C)C. The zero-order chi connectivity index (χ0) is 15.4. The van der Waals surface area contributed by atoms with E-state index in [9.17, 15) is 4.79 Å². The van der Waals surface area contributed by atoms with Gasteiger partial charge in [-0.2, -0.15) is 0 Å². The summed E-state index contributed by atoms with van der Waals surface area (Å²) in [6.07, 6.45) is 1.65. The minimum Gasteiger partial charge on any atom is -0.398 e. The third kappa shape index (κ3) is 3.40. The summed E-state index contributed by atoms with van der Waals surface area (Å²) in [6.45, 7) is 6.37. The van der Waals surface area contributed by atoms with Crippen LogP contribution in [0.25, 0.3) is 0 Å². The van der Waals surface area contributed by atoms with Crippen molar-refractivity contribution < 1.29 is 4.79 Å². The lowest BCUT2D eigenvalue weighted by atomic mass is 10.1. The summed E-state index contributed by atoms with van der Waals surface area (Å²) in [5, 5.41) is 0. The number of hydrogen-bond donors (Lipinski definition) is 1. The van der Waals surface area contributed by atoms with Gasteiger partial charge in [-0.1, -0.05) is 24.3 Å². The van der Waals surface area contributed by atoms with Crippen molar-refractivity contribution in [2.24, 2.45) is 0 Å². The number of nitrogen functional groups attached to an aromatic ring is 1. The van der Waals surface area contributed by atoms with Gasteiger partial charge in [0.1, 0.15) is 5.69 Å². The van der Waals surface area contributed by atoms with Crippen molar-refractivity contribution in [3.05, 3.63) is 59.4 Å². The second-order valence-electron chi connectivity index (χ2n) is 5.39. The number of anilines is 1. The molecule has 0 fully saturated rings. The zero-order valence-corrected chi connectivity index (χ0v) is 12.7. The number of carbonyl (C=O) groups excluding carboxylic acids is 1. The van der Waals surface area contributed by atoms with Crippen molar-refractivity contribution in [3.8, 4) is 0 Å². The first kappa shape index (κ1) is 15.0. The van der Waals surface area contributed by atoms with Crippen molar-refractivity contribution in [1.29, 1.82) is 0 Å². The van der Waals surface area contributed by atoms with Crippen LogP contribution in [0.1, 0.15) is 35.5 Å². The number of amides is 1. The molecule has 2 rings (SSSR count). The Hall–Kier alpha value is -2.36. The average molecular weight is 283 g/mol. The van der Waals surface area contributed by atoms with Crippen LogP contribution < -0.4 is 5.73 Å². The minimum atomic E-state index is -0.0636. The molecular weight excluding hydrogens is 262 g/mol. The molecule has 1 aromatic carbocycles. The number of para-hydroxylation sites is 1. The van der Waals surface area contributed by atoms with E-state index in [1.165, 1.54) is 0 Å². The molecule has 4 heteroatoms. The molecule has 1 heterocycles. The lowest BCUT2D eigenvalue weighted by molar-refractivity contribution is 0.0684. The molecular formula is C17H21N3O. The van der Waals surface area contributed by atoms with E-state index in [-0.39, 0.29) is 11.9 Å². The maximum atomic E-state index is 12.7. The third-order valence-electron chi connectivity index (χ3n) is 3.49. The van der Waals surface area contributed by atoms with E-state index in [1.807, 2.05) is 57.2 Å². The van der Waals surface area contributed by atoms with Crippen LogP contribution in [0.3, 0.4) is 0 Å². The molecule has 21 heavy (non-hydrogen) atoms. The largest absolute Gasteiger partial charge is 0.398 e. The predicted molar refractivity (Wildman–Crippen MR) is 84.8 cm³/mol. The van der Waals surface area contributed by atoms with Gasteiger partial charge in [0, 0.05) is 24.5 Å². The maximum absolute atomic E-state index is 12.7. The molecule has 0 aliphatic carbocycles. The predicted octanol–water partition coefficient (Wildman–Crippen LogP) is 3.02. The van der Waals surface area contributed by atoms with Crippen molar-refractivity contribution >= 4 is 11.6 Å². The number of nitrogens with zero attached hydrogens (tertiary/aromatic N) is 2. The van der Waals surface area contributed by atoms with E-state index in [4.69, 9.17) is 5.73 Å². The first-order valence-electron chi connectivity index (χ1n) is 7.06. The van der Waals surface area contributed by atoms with Crippen LogP contribution in [0, 0.1) is 6.92 Å². The molecule has 4 nitrogen and oxygen atoms in total. The number of carbonyl (C=O) groups is 1. The summed E-state index contributed by atoms with van der Waals surface area (Å²) in [5.74, 6) is -0.0636. The van der Waals surface area contributed by atoms with Gasteiger partial charge < -0.3 is 10.6 Å². The molecule has 1 amide bonds. The molecule has 0 radical (unpaired) electrons. The Morgan fingerprint density at radius 3 is 2.57 bits per heavy atom. The van der Waals surface area contributed by atoms with Gasteiger partial charge in [-0.05, 0) is 44.0 Å². The van der Waals surface area contributed by atoms with Crippen LogP contribution in [0.5, 0.6) is 0 Å². The molecule has 0 saturated heterocycles. The number of pyridine rings is 1. The fourth-order valence-corrected chi connectivity index (χ4v) is 2.20. The van der Waals surface area contributed by atoms with E-state index in [0.29, 0.717) is 17.9 Å². The van der Waals surface area contributed by atoms with Gasteiger partial charge in [-0.25, -0.2) is 0 Å². The van der Waals surface area contributed by atoms with Crippen molar-refractivity contribution in [1.82, 2.24) is 9.88 Å². The van der Waals surface area contributed by atoms with E-state index >= 15 is 0 Å². The number of benzene rings is 1. The van der Waals surface area contributed by atoms with Gasteiger partial charge in [0.15, 0.2) is 0 Å². The second-order valence-corrected chi connectivity index (χ2v) is 5.39. The zero-order valence-electron chi connectivity index (χ0n) is 12.7. The highest BCUT2D eigenvalue weighted by molar-refractivity contribution is 5.93. The fraction of sp³-hybridized carbons (Fsp3) is 0.294. The molecule has 0 aliphatic rings. The number of hydrogen-bond acceptors (Lipinski definition) is 3. The molecule has 110 valence electrons. The molecule has 0 spiro atoms. The van der Waals surface area contributed by atoms with Crippen molar-refractivity contribution in [3.63, 3.8) is 0 Å². The Morgan fingerprint density at radius 2 is 1.95 bits per heavy atom. The highest BCUT2D eigenvalue weighted by atomic mass is 16.2. The van der Waals surface area contributed by atoms with Gasteiger partial charge in [0.2, 0.25) is 0 Å². The topological polar surface area (TPSA) is 59.2 Å². The quantitative estimate of drug-likeness (QED) is 0.877. The molecule has 2 aromatic rings. The monoisotopic (exact) mass is 283 g/mol. The minimum absolute atomic E-state index is 0.0636. The summed E-state index contributed by atoms with van der Waals surface area (Å²) < 4.78 is 0.